The van der Waals surface area contributed by atoms with Gasteiger partial charge in [-0.05, 0) is 28.5 Å². The quantitative estimate of drug-likeness (QED) is 0.879. The third-order valence-corrected chi connectivity index (χ3v) is 2.03. The number of nitrogens with one attached hydrogen (secondary N) is 1. The van der Waals surface area contributed by atoms with Crippen LogP contribution in [0.4, 0.5) is 0 Å². The van der Waals surface area contributed by atoms with E-state index in [-0.39, 0.29) is 6.04 Å². The summed E-state index contributed by atoms with van der Waals surface area (Å²) < 4.78 is 0.892. The predicted octanol–water partition coefficient (Wildman–Crippen LogP) is 2.02. The molecule has 0 bridgehead atoms. The minimum Gasteiger partial charge on any atom is -0.298 e. The van der Waals surface area contributed by atoms with Gasteiger partial charge in [-0.1, -0.05) is 6.92 Å². The molecule has 4 heteroatoms. The first-order chi connectivity index (χ1) is 6.27. The first kappa shape index (κ1) is 10.2. The summed E-state index contributed by atoms with van der Waals surface area (Å²) in [5.41, 5.74) is 0.888. The number of aromatic nitrogens is 1. The molecule has 3 nitrogen and oxygen atoms in total. The van der Waals surface area contributed by atoms with Crippen LogP contribution in [0.5, 0.6) is 0 Å². The second-order valence-electron chi connectivity index (χ2n) is 2.56. The standard InChI is InChI=1S/C9H10BrN3/c1-2-13-9(4-11)7-3-8(10)6-12-5-7/h3,5-6,9,13H,2H2,1H3. The number of halogens is 1. The molecule has 68 valence electrons. The van der Waals surface area contributed by atoms with Gasteiger partial charge in [-0.2, -0.15) is 5.26 Å². The first-order valence-electron chi connectivity index (χ1n) is 4.01. The van der Waals surface area contributed by atoms with E-state index in [1.165, 1.54) is 0 Å². The fourth-order valence-electron chi connectivity index (χ4n) is 1.03. The van der Waals surface area contributed by atoms with E-state index < -0.39 is 0 Å². The Morgan fingerprint density at radius 2 is 2.46 bits per heavy atom. The summed E-state index contributed by atoms with van der Waals surface area (Å²) in [6.45, 7) is 2.74. The molecular formula is C9H10BrN3. The van der Waals surface area contributed by atoms with Gasteiger partial charge >= 0.3 is 0 Å². The van der Waals surface area contributed by atoms with Gasteiger partial charge in [-0.15, -0.1) is 0 Å². The zero-order valence-electron chi connectivity index (χ0n) is 7.29. The van der Waals surface area contributed by atoms with Crippen LogP contribution in [-0.2, 0) is 0 Å². The van der Waals surface area contributed by atoms with Crippen molar-refractivity contribution in [1.29, 1.82) is 5.26 Å². The molecule has 0 amide bonds. The molecule has 1 N–H and O–H groups in total. The molecule has 1 aromatic rings. The van der Waals surface area contributed by atoms with E-state index >= 15 is 0 Å². The van der Waals surface area contributed by atoms with Crippen LogP contribution >= 0.6 is 15.9 Å². The molecule has 0 spiro atoms. The van der Waals surface area contributed by atoms with Crippen LogP contribution in [0, 0.1) is 11.3 Å². The lowest BCUT2D eigenvalue weighted by molar-refractivity contribution is 0.655. The summed E-state index contributed by atoms with van der Waals surface area (Å²) in [6.07, 6.45) is 3.39. The van der Waals surface area contributed by atoms with Crippen LogP contribution in [0.25, 0.3) is 0 Å². The Hall–Kier alpha value is -0.920. The van der Waals surface area contributed by atoms with Crippen LogP contribution in [0.1, 0.15) is 18.5 Å². The zero-order valence-corrected chi connectivity index (χ0v) is 8.87. The highest BCUT2D eigenvalue weighted by Crippen LogP contribution is 2.15. The molecule has 1 aromatic heterocycles. The van der Waals surface area contributed by atoms with Gasteiger partial charge in [0, 0.05) is 22.4 Å². The molecule has 1 rings (SSSR count). The molecule has 1 atom stereocenters. The third-order valence-electron chi connectivity index (χ3n) is 1.60. The maximum Gasteiger partial charge on any atom is 0.122 e. The number of rotatable bonds is 3. The number of nitriles is 1. The van der Waals surface area contributed by atoms with Gasteiger partial charge in [-0.25, -0.2) is 0 Å². The molecule has 0 aliphatic heterocycles. The van der Waals surface area contributed by atoms with E-state index in [4.69, 9.17) is 5.26 Å². The van der Waals surface area contributed by atoms with Crippen molar-refractivity contribution in [2.75, 3.05) is 6.54 Å². The Morgan fingerprint density at radius 3 is 3.00 bits per heavy atom. The molecule has 0 fully saturated rings. The minimum atomic E-state index is -0.269. The van der Waals surface area contributed by atoms with Crippen LogP contribution in [0.2, 0.25) is 0 Å². The molecule has 0 radical (unpaired) electrons. The van der Waals surface area contributed by atoms with Crippen LogP contribution in [0.15, 0.2) is 22.9 Å². The van der Waals surface area contributed by atoms with Crippen molar-refractivity contribution in [2.24, 2.45) is 0 Å². The number of hydrogen-bond acceptors (Lipinski definition) is 3. The average Bonchev–Trinajstić information content (AvgIpc) is 2.14. The van der Waals surface area contributed by atoms with Crippen molar-refractivity contribution in [3.8, 4) is 6.07 Å². The molecule has 0 aromatic carbocycles. The molecule has 0 saturated carbocycles. The summed E-state index contributed by atoms with van der Waals surface area (Å²) in [5.74, 6) is 0. The highest BCUT2D eigenvalue weighted by Gasteiger charge is 2.08. The van der Waals surface area contributed by atoms with Gasteiger partial charge in [0.2, 0.25) is 0 Å². The van der Waals surface area contributed by atoms with Crippen molar-refractivity contribution in [2.45, 2.75) is 13.0 Å². The average molecular weight is 240 g/mol. The largest absolute Gasteiger partial charge is 0.298 e. The van der Waals surface area contributed by atoms with E-state index in [1.54, 1.807) is 12.4 Å². The normalized spacial score (nSPS) is 12.1. The van der Waals surface area contributed by atoms with Crippen molar-refractivity contribution >= 4 is 15.9 Å². The Bertz CT molecular complexity index is 319. The van der Waals surface area contributed by atoms with Crippen molar-refractivity contribution < 1.29 is 0 Å². The Labute approximate surface area is 85.9 Å². The van der Waals surface area contributed by atoms with Crippen LogP contribution in [0.3, 0.4) is 0 Å². The second-order valence-corrected chi connectivity index (χ2v) is 3.47. The molecule has 1 heterocycles. The monoisotopic (exact) mass is 239 g/mol. The Morgan fingerprint density at radius 1 is 1.69 bits per heavy atom. The molecule has 13 heavy (non-hydrogen) atoms. The van der Waals surface area contributed by atoms with Crippen molar-refractivity contribution in [1.82, 2.24) is 10.3 Å². The van der Waals surface area contributed by atoms with Gasteiger partial charge in [0.05, 0.1) is 6.07 Å². The van der Waals surface area contributed by atoms with E-state index in [2.05, 4.69) is 32.3 Å². The van der Waals surface area contributed by atoms with Crippen molar-refractivity contribution in [3.05, 3.63) is 28.5 Å². The van der Waals surface area contributed by atoms with Crippen molar-refractivity contribution in [3.63, 3.8) is 0 Å². The Kier molecular flexibility index (Phi) is 3.87. The van der Waals surface area contributed by atoms with Gasteiger partial charge in [-0.3, -0.25) is 10.3 Å². The van der Waals surface area contributed by atoms with Gasteiger partial charge < -0.3 is 0 Å². The van der Waals surface area contributed by atoms with Gasteiger partial charge in [0.15, 0.2) is 0 Å². The summed E-state index contributed by atoms with van der Waals surface area (Å²) >= 11 is 3.31. The topological polar surface area (TPSA) is 48.7 Å². The molecule has 0 saturated heterocycles. The fourth-order valence-corrected chi connectivity index (χ4v) is 1.41. The van der Waals surface area contributed by atoms with Gasteiger partial charge in [0.1, 0.15) is 6.04 Å². The maximum absolute atomic E-state index is 8.85. The summed E-state index contributed by atoms with van der Waals surface area (Å²) in [4.78, 5) is 4.00. The lowest BCUT2D eigenvalue weighted by Crippen LogP contribution is -2.19. The molecular weight excluding hydrogens is 230 g/mol. The van der Waals surface area contributed by atoms with Crippen LogP contribution < -0.4 is 5.32 Å². The zero-order chi connectivity index (χ0) is 9.68. The number of nitrogens with zero attached hydrogens (tertiary/aromatic N) is 2. The van der Waals surface area contributed by atoms with Gasteiger partial charge in [0.25, 0.3) is 0 Å². The summed E-state index contributed by atoms with van der Waals surface area (Å²) in [5, 5.41) is 11.9. The SMILES string of the molecule is CCNC(C#N)c1cncc(Br)c1. The molecule has 0 aliphatic carbocycles. The summed E-state index contributed by atoms with van der Waals surface area (Å²) in [6, 6.07) is 3.80. The van der Waals surface area contributed by atoms with E-state index in [9.17, 15) is 0 Å². The third kappa shape index (κ3) is 2.79. The smallest absolute Gasteiger partial charge is 0.122 e. The van der Waals surface area contributed by atoms with E-state index in [0.717, 1.165) is 16.6 Å². The first-order valence-corrected chi connectivity index (χ1v) is 4.80. The summed E-state index contributed by atoms with van der Waals surface area (Å²) in [7, 11) is 0. The lowest BCUT2D eigenvalue weighted by Gasteiger charge is -2.09. The number of hydrogen-bond donors (Lipinski definition) is 1. The lowest BCUT2D eigenvalue weighted by atomic mass is 10.1. The predicted molar refractivity (Wildman–Crippen MR) is 54.0 cm³/mol. The van der Waals surface area contributed by atoms with Crippen LogP contribution in [-0.4, -0.2) is 11.5 Å². The minimum absolute atomic E-state index is 0.269. The highest BCUT2D eigenvalue weighted by atomic mass is 79.9. The second kappa shape index (κ2) is 4.95. The van der Waals surface area contributed by atoms with E-state index in [1.807, 2.05) is 13.0 Å². The maximum atomic E-state index is 8.85. The highest BCUT2D eigenvalue weighted by molar-refractivity contribution is 9.10. The fraction of sp³-hybridized carbons (Fsp3) is 0.333. The Balaban J connectivity index is 2.86. The number of pyridine rings is 1. The molecule has 1 unspecified atom stereocenters. The molecule has 0 aliphatic rings. The van der Waals surface area contributed by atoms with E-state index in [0.29, 0.717) is 0 Å².